The third-order valence-corrected chi connectivity index (χ3v) is 3.40. The van der Waals surface area contributed by atoms with Crippen LogP contribution in [-0.4, -0.2) is 64.0 Å². The van der Waals surface area contributed by atoms with E-state index in [1.165, 1.54) is 0 Å². The quantitative estimate of drug-likeness (QED) is 0.468. The molecule has 0 bridgehead atoms. The number of carbonyl (C=O) groups is 1. The maximum atomic E-state index is 11.6. The second-order valence-corrected chi connectivity index (χ2v) is 4.83. The Labute approximate surface area is 116 Å². The van der Waals surface area contributed by atoms with Gasteiger partial charge in [0, 0.05) is 26.9 Å². The van der Waals surface area contributed by atoms with Crippen molar-refractivity contribution in [3.63, 3.8) is 0 Å². The van der Waals surface area contributed by atoms with Gasteiger partial charge in [0.15, 0.2) is 0 Å². The van der Waals surface area contributed by atoms with Crippen molar-refractivity contribution in [2.45, 2.75) is 26.2 Å². The maximum absolute atomic E-state index is 11.6. The zero-order valence-electron chi connectivity index (χ0n) is 12.2. The summed E-state index contributed by atoms with van der Waals surface area (Å²) >= 11 is 0. The zero-order valence-corrected chi connectivity index (χ0v) is 12.2. The molecule has 0 atom stereocenters. The molecule has 5 heteroatoms. The van der Waals surface area contributed by atoms with Crippen LogP contribution in [0.25, 0.3) is 0 Å². The normalized spacial score (nSPS) is 17.6. The number of methoxy groups -OCH3 is 1. The van der Waals surface area contributed by atoms with Gasteiger partial charge in [0.25, 0.3) is 0 Å². The van der Waals surface area contributed by atoms with Crippen LogP contribution in [0.2, 0.25) is 0 Å². The van der Waals surface area contributed by atoms with Crippen LogP contribution in [0, 0.1) is 5.92 Å². The Hall–Kier alpha value is -0.650. The molecule has 0 spiro atoms. The third kappa shape index (κ3) is 6.89. The highest BCUT2D eigenvalue weighted by Gasteiger charge is 2.25. The van der Waals surface area contributed by atoms with Crippen molar-refractivity contribution in [1.29, 1.82) is 0 Å². The van der Waals surface area contributed by atoms with Gasteiger partial charge in [-0.3, -0.25) is 4.79 Å². The number of esters is 1. The summed E-state index contributed by atoms with van der Waals surface area (Å²) in [6.45, 7) is 7.48. The first-order chi connectivity index (χ1) is 9.27. The molecule has 0 N–H and O–H groups in total. The lowest BCUT2D eigenvalue weighted by Crippen LogP contribution is -2.38. The lowest BCUT2D eigenvalue weighted by Gasteiger charge is -2.30. The second-order valence-electron chi connectivity index (χ2n) is 4.83. The van der Waals surface area contributed by atoms with E-state index in [0.717, 1.165) is 58.7 Å². The lowest BCUT2D eigenvalue weighted by atomic mass is 9.97. The second kappa shape index (κ2) is 10.2. The molecule has 5 nitrogen and oxygen atoms in total. The Kier molecular flexibility index (Phi) is 8.79. The number of rotatable bonds is 9. The van der Waals surface area contributed by atoms with E-state index >= 15 is 0 Å². The molecule has 1 aliphatic rings. The highest BCUT2D eigenvalue weighted by molar-refractivity contribution is 5.72. The summed E-state index contributed by atoms with van der Waals surface area (Å²) in [4.78, 5) is 13.9. The summed E-state index contributed by atoms with van der Waals surface area (Å²) in [6.07, 6.45) is 2.76. The number of nitrogens with zero attached hydrogens (tertiary/aromatic N) is 1. The molecule has 0 aromatic carbocycles. The summed E-state index contributed by atoms with van der Waals surface area (Å²) in [6, 6.07) is 0. The summed E-state index contributed by atoms with van der Waals surface area (Å²) in [5, 5.41) is 0. The molecule has 0 aliphatic carbocycles. The molecule has 19 heavy (non-hydrogen) atoms. The number of hydrogen-bond acceptors (Lipinski definition) is 5. The molecule has 0 aromatic rings. The van der Waals surface area contributed by atoms with E-state index in [1.54, 1.807) is 7.11 Å². The molecule has 0 unspecified atom stereocenters. The molecular weight excluding hydrogens is 246 g/mol. The number of piperidine rings is 1. The summed E-state index contributed by atoms with van der Waals surface area (Å²) in [5.41, 5.74) is 0. The number of likely N-dealkylation sites (tertiary alicyclic amines) is 1. The Morgan fingerprint density at radius 2 is 1.95 bits per heavy atom. The minimum atomic E-state index is -0.0297. The van der Waals surface area contributed by atoms with Gasteiger partial charge in [-0.15, -0.1) is 0 Å². The monoisotopic (exact) mass is 273 g/mol. The van der Waals surface area contributed by atoms with Crippen molar-refractivity contribution in [3.05, 3.63) is 0 Å². The largest absolute Gasteiger partial charge is 0.466 e. The van der Waals surface area contributed by atoms with Crippen molar-refractivity contribution in [2.75, 3.05) is 53.2 Å². The first kappa shape index (κ1) is 16.4. The van der Waals surface area contributed by atoms with Crippen LogP contribution in [0.3, 0.4) is 0 Å². The van der Waals surface area contributed by atoms with Crippen molar-refractivity contribution in [2.24, 2.45) is 5.92 Å². The number of carbonyl (C=O) groups excluding carboxylic acids is 1. The molecule has 112 valence electrons. The fraction of sp³-hybridized carbons (Fsp3) is 0.929. The smallest absolute Gasteiger partial charge is 0.309 e. The molecule has 0 radical (unpaired) electrons. The van der Waals surface area contributed by atoms with Crippen LogP contribution in [0.15, 0.2) is 0 Å². The SMILES string of the molecule is CCOC(=O)C1CCN(CCOCCCOC)CC1. The predicted molar refractivity (Wildman–Crippen MR) is 73.1 cm³/mol. The average molecular weight is 273 g/mol. The fourth-order valence-corrected chi connectivity index (χ4v) is 2.25. The molecule has 0 aromatic heterocycles. The molecule has 1 aliphatic heterocycles. The Morgan fingerprint density at radius 1 is 1.21 bits per heavy atom. The van der Waals surface area contributed by atoms with E-state index in [-0.39, 0.29) is 11.9 Å². The first-order valence-electron chi connectivity index (χ1n) is 7.23. The van der Waals surface area contributed by atoms with E-state index in [2.05, 4.69) is 4.90 Å². The van der Waals surface area contributed by atoms with Gasteiger partial charge in [-0.1, -0.05) is 0 Å². The van der Waals surface area contributed by atoms with E-state index in [4.69, 9.17) is 14.2 Å². The van der Waals surface area contributed by atoms with E-state index in [9.17, 15) is 4.79 Å². The van der Waals surface area contributed by atoms with Gasteiger partial charge in [-0.25, -0.2) is 0 Å². The van der Waals surface area contributed by atoms with Gasteiger partial charge >= 0.3 is 5.97 Å². The Morgan fingerprint density at radius 3 is 2.58 bits per heavy atom. The van der Waals surface area contributed by atoms with Crippen molar-refractivity contribution in [1.82, 2.24) is 4.90 Å². The third-order valence-electron chi connectivity index (χ3n) is 3.40. The Balaban J connectivity index is 2.02. The minimum absolute atomic E-state index is 0.0297. The van der Waals surface area contributed by atoms with Crippen LogP contribution in [0.4, 0.5) is 0 Å². The minimum Gasteiger partial charge on any atom is -0.466 e. The predicted octanol–water partition coefficient (Wildman–Crippen LogP) is 1.31. The van der Waals surface area contributed by atoms with E-state index in [0.29, 0.717) is 6.61 Å². The van der Waals surface area contributed by atoms with Crippen molar-refractivity contribution in [3.8, 4) is 0 Å². The van der Waals surface area contributed by atoms with Crippen LogP contribution in [-0.2, 0) is 19.0 Å². The lowest BCUT2D eigenvalue weighted by molar-refractivity contribution is -0.149. The molecule has 0 amide bonds. The topological polar surface area (TPSA) is 48.0 Å². The van der Waals surface area contributed by atoms with Gasteiger partial charge < -0.3 is 19.1 Å². The van der Waals surface area contributed by atoms with Gasteiger partial charge in [-0.2, -0.15) is 0 Å². The highest BCUT2D eigenvalue weighted by Crippen LogP contribution is 2.18. The maximum Gasteiger partial charge on any atom is 0.309 e. The van der Waals surface area contributed by atoms with E-state index in [1.807, 2.05) is 6.92 Å². The van der Waals surface area contributed by atoms with Gasteiger partial charge in [0.2, 0.25) is 0 Å². The van der Waals surface area contributed by atoms with Crippen LogP contribution >= 0.6 is 0 Å². The molecule has 1 heterocycles. The Bertz CT molecular complexity index is 240. The van der Waals surface area contributed by atoms with Gasteiger partial charge in [-0.05, 0) is 39.3 Å². The van der Waals surface area contributed by atoms with Gasteiger partial charge in [0.05, 0.1) is 19.1 Å². The first-order valence-corrected chi connectivity index (χ1v) is 7.23. The summed E-state index contributed by atoms with van der Waals surface area (Å²) in [7, 11) is 1.70. The average Bonchev–Trinajstić information content (AvgIpc) is 2.43. The fourth-order valence-electron chi connectivity index (χ4n) is 2.25. The number of ether oxygens (including phenoxy) is 3. The van der Waals surface area contributed by atoms with Crippen LogP contribution in [0.1, 0.15) is 26.2 Å². The van der Waals surface area contributed by atoms with E-state index < -0.39 is 0 Å². The molecule has 1 fully saturated rings. The zero-order chi connectivity index (χ0) is 13.9. The molecule has 1 rings (SSSR count). The summed E-state index contributed by atoms with van der Waals surface area (Å²) in [5.74, 6) is 0.0665. The standard InChI is InChI=1S/C14H27NO4/c1-3-19-14(16)13-5-7-15(8-6-13)9-12-18-11-4-10-17-2/h13H,3-12H2,1-2H3. The van der Waals surface area contributed by atoms with Crippen molar-refractivity contribution >= 4 is 5.97 Å². The highest BCUT2D eigenvalue weighted by atomic mass is 16.5. The summed E-state index contributed by atoms with van der Waals surface area (Å²) < 4.78 is 15.6. The van der Waals surface area contributed by atoms with Gasteiger partial charge in [0.1, 0.15) is 0 Å². The van der Waals surface area contributed by atoms with Crippen LogP contribution in [0.5, 0.6) is 0 Å². The number of hydrogen-bond donors (Lipinski definition) is 0. The molecule has 0 saturated carbocycles. The molecular formula is C14H27NO4. The van der Waals surface area contributed by atoms with Crippen molar-refractivity contribution < 1.29 is 19.0 Å². The molecule has 1 saturated heterocycles. The van der Waals surface area contributed by atoms with Crippen LogP contribution < -0.4 is 0 Å².